The first-order valence-electron chi connectivity index (χ1n) is 15.6. The van der Waals surface area contributed by atoms with E-state index in [4.69, 9.17) is 9.47 Å². The van der Waals surface area contributed by atoms with Gasteiger partial charge < -0.3 is 19.7 Å². The molecule has 2 aliphatic heterocycles. The lowest BCUT2D eigenvalue weighted by Crippen LogP contribution is -2.58. The molecule has 2 saturated heterocycles. The highest BCUT2D eigenvalue weighted by atomic mass is 19.1. The van der Waals surface area contributed by atoms with E-state index >= 15 is 0 Å². The number of nitrogens with one attached hydrogen (secondary N) is 1. The van der Waals surface area contributed by atoms with Crippen molar-refractivity contribution in [2.24, 2.45) is 5.92 Å². The van der Waals surface area contributed by atoms with Crippen molar-refractivity contribution in [2.75, 3.05) is 63.7 Å². The third-order valence-corrected chi connectivity index (χ3v) is 9.66. The van der Waals surface area contributed by atoms with E-state index in [1.54, 1.807) is 32.4 Å². The number of likely N-dealkylation sites (tertiary alicyclic amines) is 1. The Kier molecular flexibility index (Phi) is 9.14. The molecule has 0 aromatic heterocycles. The molecule has 3 aliphatic rings. The summed E-state index contributed by atoms with van der Waals surface area (Å²) < 4.78 is 25.2. The van der Waals surface area contributed by atoms with Gasteiger partial charge in [0.2, 0.25) is 5.91 Å². The lowest BCUT2D eigenvalue weighted by atomic mass is 9.85. The Hall–Kier alpha value is -3.62. The first-order valence-corrected chi connectivity index (χ1v) is 15.6. The maximum atomic E-state index is 14.5. The Labute approximate surface area is 254 Å². The number of piperidine rings is 1. The Bertz CT molecular complexity index is 1380. The zero-order valence-corrected chi connectivity index (χ0v) is 25.3. The largest absolute Gasteiger partial charge is 0.493 e. The molecule has 0 saturated carbocycles. The number of piperazine rings is 1. The summed E-state index contributed by atoms with van der Waals surface area (Å²) in [5.41, 5.74) is 4.35. The summed E-state index contributed by atoms with van der Waals surface area (Å²) in [6, 6.07) is 22.3. The van der Waals surface area contributed by atoms with Crippen LogP contribution < -0.4 is 19.7 Å². The normalized spacial score (nSPS) is 21.4. The van der Waals surface area contributed by atoms with Gasteiger partial charge in [0, 0.05) is 63.0 Å². The molecule has 3 aromatic carbocycles. The number of hydrogen-bond donors (Lipinski definition) is 1. The van der Waals surface area contributed by atoms with Crippen molar-refractivity contribution < 1.29 is 18.7 Å². The molecule has 0 spiro atoms. The number of carbonyl (C=O) groups excluding carboxylic acids is 1. The molecule has 43 heavy (non-hydrogen) atoms. The number of nitrogens with zero attached hydrogens (tertiary/aromatic N) is 3. The van der Waals surface area contributed by atoms with Crippen molar-refractivity contribution in [3.63, 3.8) is 0 Å². The second kappa shape index (κ2) is 13.3. The van der Waals surface area contributed by atoms with E-state index in [-0.39, 0.29) is 11.7 Å². The van der Waals surface area contributed by atoms with Crippen molar-refractivity contribution in [3.05, 3.63) is 83.7 Å². The highest BCUT2D eigenvalue weighted by molar-refractivity contribution is 5.91. The van der Waals surface area contributed by atoms with E-state index in [0.717, 1.165) is 65.0 Å². The van der Waals surface area contributed by atoms with Crippen LogP contribution in [-0.4, -0.2) is 81.3 Å². The number of rotatable bonds is 9. The molecule has 0 bridgehead atoms. The zero-order valence-electron chi connectivity index (χ0n) is 25.3. The van der Waals surface area contributed by atoms with Crippen LogP contribution in [0.2, 0.25) is 0 Å². The van der Waals surface area contributed by atoms with Gasteiger partial charge in [-0.15, -0.1) is 0 Å². The van der Waals surface area contributed by atoms with Crippen LogP contribution in [0.1, 0.15) is 30.4 Å². The first kappa shape index (κ1) is 29.5. The molecule has 7 nitrogen and oxygen atoms in total. The zero-order chi connectivity index (χ0) is 29.8. The van der Waals surface area contributed by atoms with E-state index in [2.05, 4.69) is 44.3 Å². The van der Waals surface area contributed by atoms with Gasteiger partial charge >= 0.3 is 0 Å². The van der Waals surface area contributed by atoms with E-state index in [1.807, 2.05) is 24.3 Å². The lowest BCUT2D eigenvalue weighted by molar-refractivity contribution is -0.116. The molecule has 3 aromatic rings. The average molecular weight is 587 g/mol. The van der Waals surface area contributed by atoms with E-state index in [0.29, 0.717) is 47.3 Å². The predicted octanol–water partition coefficient (Wildman–Crippen LogP) is 5.24. The number of ether oxygens (including phenoxy) is 2. The quantitative estimate of drug-likeness (QED) is 0.370. The number of halogens is 1. The molecular formula is C35H43FN4O3. The van der Waals surface area contributed by atoms with Crippen LogP contribution in [0.25, 0.3) is 0 Å². The molecule has 1 N–H and O–H groups in total. The molecule has 228 valence electrons. The monoisotopic (exact) mass is 586 g/mol. The van der Waals surface area contributed by atoms with Crippen molar-refractivity contribution in [2.45, 2.75) is 44.2 Å². The Morgan fingerprint density at radius 1 is 0.860 bits per heavy atom. The predicted molar refractivity (Wildman–Crippen MR) is 169 cm³/mol. The highest BCUT2D eigenvalue weighted by Crippen LogP contribution is 2.34. The summed E-state index contributed by atoms with van der Waals surface area (Å²) in [5, 5.41) is 3.07. The molecule has 2 heterocycles. The number of hydrogen-bond acceptors (Lipinski definition) is 6. The van der Waals surface area contributed by atoms with E-state index in [1.165, 1.54) is 11.1 Å². The Balaban J connectivity index is 1.11. The number of fused-ring (bicyclic) bond motifs is 1. The number of anilines is 2. The highest BCUT2D eigenvalue weighted by Gasteiger charge is 2.38. The van der Waals surface area contributed by atoms with Gasteiger partial charge in [-0.05, 0) is 73.5 Å². The molecule has 1 amide bonds. The maximum Gasteiger partial charge on any atom is 0.224 e. The molecule has 1 aliphatic carbocycles. The minimum atomic E-state index is -0.153. The fraction of sp³-hybridized carbons (Fsp3) is 0.457. The number of benzene rings is 3. The van der Waals surface area contributed by atoms with Crippen molar-refractivity contribution >= 4 is 17.3 Å². The van der Waals surface area contributed by atoms with Crippen LogP contribution in [0.15, 0.2) is 66.7 Å². The van der Waals surface area contributed by atoms with Gasteiger partial charge in [0.1, 0.15) is 5.82 Å². The minimum absolute atomic E-state index is 0.0146. The molecule has 2 fully saturated rings. The topological polar surface area (TPSA) is 57.3 Å². The number of methoxy groups -OCH3 is 2. The van der Waals surface area contributed by atoms with Crippen molar-refractivity contribution in [1.82, 2.24) is 9.80 Å². The summed E-state index contributed by atoms with van der Waals surface area (Å²) in [7, 11) is 3.20. The summed E-state index contributed by atoms with van der Waals surface area (Å²) >= 11 is 0. The minimum Gasteiger partial charge on any atom is -0.493 e. The average Bonchev–Trinajstić information content (AvgIpc) is 3.48. The van der Waals surface area contributed by atoms with Crippen LogP contribution >= 0.6 is 0 Å². The van der Waals surface area contributed by atoms with Gasteiger partial charge in [0.15, 0.2) is 11.5 Å². The van der Waals surface area contributed by atoms with Gasteiger partial charge in [0.05, 0.1) is 19.9 Å². The number of carbonyl (C=O) groups is 1. The summed E-state index contributed by atoms with van der Waals surface area (Å²) in [6.45, 7) is 5.51. The lowest BCUT2D eigenvalue weighted by Gasteiger charge is -2.48. The molecule has 0 radical (unpaired) electrons. The fourth-order valence-corrected chi connectivity index (χ4v) is 7.39. The summed E-state index contributed by atoms with van der Waals surface area (Å²) in [4.78, 5) is 20.6. The third-order valence-electron chi connectivity index (χ3n) is 9.66. The second-order valence-electron chi connectivity index (χ2n) is 12.1. The molecule has 6 rings (SSSR count). The van der Waals surface area contributed by atoms with Crippen LogP contribution in [-0.2, 0) is 17.6 Å². The summed E-state index contributed by atoms with van der Waals surface area (Å²) in [5.74, 6) is 1.47. The van der Waals surface area contributed by atoms with Crippen molar-refractivity contribution in [1.29, 1.82) is 0 Å². The molecule has 0 unspecified atom stereocenters. The maximum absolute atomic E-state index is 14.5. The number of amides is 1. The first-order chi connectivity index (χ1) is 21.0. The van der Waals surface area contributed by atoms with Gasteiger partial charge in [-0.2, -0.15) is 0 Å². The molecule has 2 atom stereocenters. The van der Waals surface area contributed by atoms with Gasteiger partial charge in [-0.3, -0.25) is 14.6 Å². The van der Waals surface area contributed by atoms with Gasteiger partial charge in [0.25, 0.3) is 0 Å². The van der Waals surface area contributed by atoms with E-state index < -0.39 is 0 Å². The van der Waals surface area contributed by atoms with Crippen LogP contribution in [0, 0.1) is 11.7 Å². The molecular weight excluding hydrogens is 543 g/mol. The smallest absolute Gasteiger partial charge is 0.224 e. The standard InChI is InChI=1S/C35H43FN4O3/c1-42-33-13-12-28(23-34(33)43-2)37-35(41)14-11-27-24-40(29-21-25-7-3-4-8-26(25)22-29)16-15-31(27)38-17-19-39(20-18-38)32-10-6-5-9-30(32)36/h3-10,12-13,23,27,29,31H,11,14-22,24H2,1-2H3,(H,37,41)/t27-,31+/m1/s1. The van der Waals surface area contributed by atoms with Crippen molar-refractivity contribution in [3.8, 4) is 11.5 Å². The van der Waals surface area contributed by atoms with Crippen LogP contribution in [0.5, 0.6) is 11.5 Å². The second-order valence-corrected chi connectivity index (χ2v) is 12.1. The van der Waals surface area contributed by atoms with Crippen LogP contribution in [0.3, 0.4) is 0 Å². The number of para-hydroxylation sites is 1. The molecule has 8 heteroatoms. The Morgan fingerprint density at radius 3 is 2.26 bits per heavy atom. The van der Waals surface area contributed by atoms with E-state index in [9.17, 15) is 9.18 Å². The Morgan fingerprint density at radius 2 is 1.56 bits per heavy atom. The SMILES string of the molecule is COc1ccc(NC(=O)CC[C@@H]2CN(C3Cc4ccccc4C3)CC[C@@H]2N2CCN(c3ccccc3F)CC2)cc1OC. The van der Waals surface area contributed by atoms with Crippen LogP contribution in [0.4, 0.5) is 15.8 Å². The van der Waals surface area contributed by atoms with Gasteiger partial charge in [-0.25, -0.2) is 4.39 Å². The third kappa shape index (κ3) is 6.65. The summed E-state index contributed by atoms with van der Waals surface area (Å²) in [6.07, 6.45) is 4.59. The van der Waals surface area contributed by atoms with Gasteiger partial charge in [-0.1, -0.05) is 36.4 Å². The fourth-order valence-electron chi connectivity index (χ4n) is 7.39.